The van der Waals surface area contributed by atoms with E-state index in [0.717, 1.165) is 18.5 Å². The average Bonchev–Trinajstić information content (AvgIpc) is 2.97. The van der Waals surface area contributed by atoms with E-state index in [2.05, 4.69) is 9.97 Å². The molecular weight excluding hydrogens is 194 g/mol. The molecule has 0 bridgehead atoms. The molecule has 3 rings (SSSR count). The molecule has 1 N–H and O–H groups in total. The van der Waals surface area contributed by atoms with Crippen molar-refractivity contribution in [1.29, 1.82) is 0 Å². The number of rotatable bonds is 2. The molecule has 1 fully saturated rings. The third-order valence-corrected chi connectivity index (χ3v) is 2.63. The third kappa shape index (κ3) is 1.27. The van der Waals surface area contributed by atoms with Crippen LogP contribution in [0.2, 0.25) is 0 Å². The van der Waals surface area contributed by atoms with Crippen molar-refractivity contribution in [1.82, 2.24) is 14.4 Å². The minimum absolute atomic E-state index is 0.189. The van der Waals surface area contributed by atoms with Crippen molar-refractivity contribution in [3.8, 4) is 0 Å². The van der Waals surface area contributed by atoms with E-state index in [0.29, 0.717) is 11.6 Å². The molecule has 2 aromatic rings. The summed E-state index contributed by atoms with van der Waals surface area (Å²) in [4.78, 5) is 19.1. The number of aromatic carboxylic acids is 1. The van der Waals surface area contributed by atoms with Crippen LogP contribution < -0.4 is 0 Å². The number of fused-ring (bicyclic) bond motifs is 1. The molecule has 0 amide bonds. The van der Waals surface area contributed by atoms with E-state index in [-0.39, 0.29) is 5.69 Å². The first kappa shape index (κ1) is 8.40. The van der Waals surface area contributed by atoms with Crippen LogP contribution in [-0.2, 0) is 0 Å². The minimum atomic E-state index is -0.963. The molecule has 2 aromatic heterocycles. The zero-order valence-electron chi connectivity index (χ0n) is 7.92. The highest BCUT2D eigenvalue weighted by molar-refractivity contribution is 5.86. The van der Waals surface area contributed by atoms with Gasteiger partial charge in [-0.1, -0.05) is 0 Å². The van der Waals surface area contributed by atoms with Gasteiger partial charge in [-0.2, -0.15) is 0 Å². The lowest BCUT2D eigenvalue weighted by Crippen LogP contribution is -2.02. The lowest BCUT2D eigenvalue weighted by molar-refractivity contribution is 0.0689. The van der Waals surface area contributed by atoms with Crippen LogP contribution in [0.4, 0.5) is 0 Å². The average molecular weight is 203 g/mol. The summed E-state index contributed by atoms with van der Waals surface area (Å²) < 4.78 is 1.59. The first-order chi connectivity index (χ1) is 7.25. The maximum Gasteiger partial charge on any atom is 0.354 e. The molecule has 2 heterocycles. The van der Waals surface area contributed by atoms with Crippen LogP contribution in [0.15, 0.2) is 18.6 Å². The van der Waals surface area contributed by atoms with E-state index < -0.39 is 5.97 Å². The van der Waals surface area contributed by atoms with Crippen LogP contribution in [0.3, 0.4) is 0 Å². The zero-order chi connectivity index (χ0) is 10.4. The van der Waals surface area contributed by atoms with E-state index in [9.17, 15) is 4.79 Å². The standard InChI is InChI=1S/C10H9N3O2/c14-10(15)8-3-12-9-4-11-7(5-13(8)9)6-1-2-6/h3-6H,1-2H2,(H,14,15). The molecule has 1 saturated carbocycles. The molecule has 0 radical (unpaired) electrons. The fourth-order valence-corrected chi connectivity index (χ4v) is 1.65. The molecule has 0 aliphatic heterocycles. The number of imidazole rings is 1. The molecule has 1 aliphatic rings. The number of hydrogen-bond donors (Lipinski definition) is 1. The number of carbonyl (C=O) groups is 1. The minimum Gasteiger partial charge on any atom is -0.477 e. The molecule has 0 unspecified atom stereocenters. The molecule has 0 aromatic carbocycles. The van der Waals surface area contributed by atoms with Crippen molar-refractivity contribution in [2.45, 2.75) is 18.8 Å². The van der Waals surface area contributed by atoms with Gasteiger partial charge in [-0.15, -0.1) is 0 Å². The summed E-state index contributed by atoms with van der Waals surface area (Å²) in [5.74, 6) is -0.450. The second-order valence-corrected chi connectivity index (χ2v) is 3.76. The van der Waals surface area contributed by atoms with Crippen molar-refractivity contribution < 1.29 is 9.90 Å². The number of aromatic nitrogens is 3. The lowest BCUT2D eigenvalue weighted by atomic mass is 10.3. The Morgan fingerprint density at radius 3 is 2.87 bits per heavy atom. The topological polar surface area (TPSA) is 67.5 Å². The Kier molecular flexibility index (Phi) is 1.56. The molecule has 0 saturated heterocycles. The van der Waals surface area contributed by atoms with Gasteiger partial charge < -0.3 is 5.11 Å². The van der Waals surface area contributed by atoms with Gasteiger partial charge in [0, 0.05) is 12.1 Å². The predicted molar refractivity (Wildman–Crippen MR) is 51.9 cm³/mol. The van der Waals surface area contributed by atoms with Crippen LogP contribution in [0.1, 0.15) is 34.9 Å². The van der Waals surface area contributed by atoms with Crippen LogP contribution in [-0.4, -0.2) is 25.4 Å². The maximum absolute atomic E-state index is 10.9. The molecule has 1 aliphatic carbocycles. The van der Waals surface area contributed by atoms with Crippen molar-refractivity contribution in [2.24, 2.45) is 0 Å². The van der Waals surface area contributed by atoms with Gasteiger partial charge in [-0.3, -0.25) is 9.38 Å². The van der Waals surface area contributed by atoms with Crippen molar-refractivity contribution >= 4 is 11.6 Å². The summed E-state index contributed by atoms with van der Waals surface area (Å²) in [5.41, 5.74) is 1.73. The van der Waals surface area contributed by atoms with Gasteiger partial charge in [0.25, 0.3) is 0 Å². The Morgan fingerprint density at radius 1 is 1.40 bits per heavy atom. The first-order valence-electron chi connectivity index (χ1n) is 4.82. The quantitative estimate of drug-likeness (QED) is 0.798. The number of carboxylic acid groups (broad SMARTS) is 1. The summed E-state index contributed by atoms with van der Waals surface area (Å²) in [6, 6.07) is 0. The molecule has 5 nitrogen and oxygen atoms in total. The largest absolute Gasteiger partial charge is 0.477 e. The van der Waals surface area contributed by atoms with Gasteiger partial charge in [-0.25, -0.2) is 9.78 Å². The summed E-state index contributed by atoms with van der Waals surface area (Å²) in [7, 11) is 0. The second kappa shape index (κ2) is 2.79. The normalized spacial score (nSPS) is 15.7. The number of nitrogens with zero attached hydrogens (tertiary/aromatic N) is 3. The predicted octanol–water partition coefficient (Wildman–Crippen LogP) is 1.30. The zero-order valence-corrected chi connectivity index (χ0v) is 7.92. The molecule has 0 atom stereocenters. The summed E-state index contributed by atoms with van der Waals surface area (Å²) in [5, 5.41) is 8.94. The van der Waals surface area contributed by atoms with Gasteiger partial charge in [0.2, 0.25) is 0 Å². The van der Waals surface area contributed by atoms with Gasteiger partial charge in [0.05, 0.1) is 18.1 Å². The second-order valence-electron chi connectivity index (χ2n) is 3.76. The van der Waals surface area contributed by atoms with Crippen molar-refractivity contribution in [2.75, 3.05) is 0 Å². The van der Waals surface area contributed by atoms with Gasteiger partial charge in [0.1, 0.15) is 0 Å². The maximum atomic E-state index is 10.9. The molecule has 0 spiro atoms. The van der Waals surface area contributed by atoms with Crippen LogP contribution >= 0.6 is 0 Å². The SMILES string of the molecule is O=C(O)c1cnc2cnc(C3CC3)cn12. The Morgan fingerprint density at radius 2 is 2.20 bits per heavy atom. The number of carboxylic acids is 1. The Labute approximate surface area is 85.4 Å². The van der Waals surface area contributed by atoms with Crippen LogP contribution in [0, 0.1) is 0 Å². The number of hydrogen-bond acceptors (Lipinski definition) is 3. The van der Waals surface area contributed by atoms with Crippen LogP contribution in [0.5, 0.6) is 0 Å². The highest BCUT2D eigenvalue weighted by Gasteiger charge is 2.25. The monoisotopic (exact) mass is 203 g/mol. The summed E-state index contributed by atoms with van der Waals surface area (Å²) in [6.45, 7) is 0. The Bertz CT molecular complexity index is 543. The van der Waals surface area contributed by atoms with Gasteiger partial charge in [0.15, 0.2) is 11.3 Å². The summed E-state index contributed by atoms with van der Waals surface area (Å²) >= 11 is 0. The lowest BCUT2D eigenvalue weighted by Gasteiger charge is -2.00. The fourth-order valence-electron chi connectivity index (χ4n) is 1.65. The van der Waals surface area contributed by atoms with E-state index in [1.54, 1.807) is 16.8 Å². The Balaban J connectivity index is 2.21. The highest BCUT2D eigenvalue weighted by Crippen LogP contribution is 2.38. The summed E-state index contributed by atoms with van der Waals surface area (Å²) in [6.07, 6.45) is 7.06. The molecule has 76 valence electrons. The van der Waals surface area contributed by atoms with Crippen LogP contribution in [0.25, 0.3) is 5.65 Å². The highest BCUT2D eigenvalue weighted by atomic mass is 16.4. The van der Waals surface area contributed by atoms with Crippen molar-refractivity contribution in [3.63, 3.8) is 0 Å². The van der Waals surface area contributed by atoms with Crippen molar-refractivity contribution in [3.05, 3.63) is 30.0 Å². The third-order valence-electron chi connectivity index (χ3n) is 2.63. The molecular formula is C10H9N3O2. The van der Waals surface area contributed by atoms with E-state index in [1.165, 1.54) is 6.20 Å². The first-order valence-corrected chi connectivity index (χ1v) is 4.82. The van der Waals surface area contributed by atoms with E-state index in [4.69, 9.17) is 5.11 Å². The smallest absolute Gasteiger partial charge is 0.354 e. The fraction of sp³-hybridized carbons (Fsp3) is 0.300. The van der Waals surface area contributed by atoms with Gasteiger partial charge in [-0.05, 0) is 12.8 Å². The Hall–Kier alpha value is -1.91. The molecule has 15 heavy (non-hydrogen) atoms. The van der Waals surface area contributed by atoms with E-state index in [1.807, 2.05) is 0 Å². The molecule has 5 heteroatoms. The van der Waals surface area contributed by atoms with Gasteiger partial charge >= 0.3 is 5.97 Å². The van der Waals surface area contributed by atoms with E-state index >= 15 is 0 Å².